The summed E-state index contributed by atoms with van der Waals surface area (Å²) in [5.74, 6) is 0.119. The molecule has 1 aromatic rings. The molecule has 1 aromatic carbocycles. The summed E-state index contributed by atoms with van der Waals surface area (Å²) in [5.41, 5.74) is 0.903. The van der Waals surface area contributed by atoms with Gasteiger partial charge in [0.15, 0.2) is 0 Å². The number of carbonyl (C=O) groups excluding carboxylic acids is 2. The molecule has 1 atom stereocenters. The first-order chi connectivity index (χ1) is 8.15. The fraction of sp³-hybridized carbons (Fsp3) is 0.333. The molecule has 1 aliphatic rings. The standard InChI is InChI=1S/C12H13NO4.ClH/c1-8(14)17-10-4-2-3-9(7-10)11-5-6-16-12(15)13-11;/h2-4,7,11H,5-6H2,1H3,(H,13,15);1H/t11-;/m1./s1. The molecule has 98 valence electrons. The number of amides is 1. The van der Waals surface area contributed by atoms with E-state index < -0.39 is 6.09 Å². The number of hydrogen-bond acceptors (Lipinski definition) is 4. The smallest absolute Gasteiger partial charge is 0.407 e. The second-order valence-electron chi connectivity index (χ2n) is 3.79. The van der Waals surface area contributed by atoms with E-state index in [2.05, 4.69) is 5.32 Å². The van der Waals surface area contributed by atoms with Gasteiger partial charge in [0, 0.05) is 13.3 Å². The molecule has 1 amide bonds. The van der Waals surface area contributed by atoms with Crippen LogP contribution in [0.5, 0.6) is 5.75 Å². The van der Waals surface area contributed by atoms with Gasteiger partial charge in [-0.05, 0) is 17.7 Å². The molecular weight excluding hydrogens is 258 g/mol. The van der Waals surface area contributed by atoms with Crippen molar-refractivity contribution in [2.75, 3.05) is 6.61 Å². The van der Waals surface area contributed by atoms with Gasteiger partial charge in [0.2, 0.25) is 0 Å². The topological polar surface area (TPSA) is 64.6 Å². The highest BCUT2D eigenvalue weighted by Gasteiger charge is 2.20. The fourth-order valence-corrected chi connectivity index (χ4v) is 1.74. The van der Waals surface area contributed by atoms with Crippen molar-refractivity contribution in [2.45, 2.75) is 19.4 Å². The fourth-order valence-electron chi connectivity index (χ4n) is 1.74. The number of alkyl carbamates (subject to hydrolysis) is 1. The molecule has 0 bridgehead atoms. The van der Waals surface area contributed by atoms with Gasteiger partial charge in [0.05, 0.1) is 12.6 Å². The molecule has 0 saturated carbocycles. The second-order valence-corrected chi connectivity index (χ2v) is 3.79. The average molecular weight is 272 g/mol. The highest BCUT2D eigenvalue weighted by molar-refractivity contribution is 5.85. The molecule has 2 rings (SSSR count). The van der Waals surface area contributed by atoms with Crippen LogP contribution >= 0.6 is 12.4 Å². The molecule has 1 aliphatic heterocycles. The van der Waals surface area contributed by atoms with E-state index in [1.807, 2.05) is 6.07 Å². The maximum atomic E-state index is 11.1. The monoisotopic (exact) mass is 271 g/mol. The van der Waals surface area contributed by atoms with Crippen LogP contribution < -0.4 is 10.1 Å². The van der Waals surface area contributed by atoms with Crippen molar-refractivity contribution in [2.24, 2.45) is 0 Å². The zero-order chi connectivity index (χ0) is 12.3. The van der Waals surface area contributed by atoms with Gasteiger partial charge >= 0.3 is 12.1 Å². The van der Waals surface area contributed by atoms with Gasteiger partial charge in [-0.1, -0.05) is 12.1 Å². The molecule has 0 unspecified atom stereocenters. The summed E-state index contributed by atoms with van der Waals surface area (Å²) in [6.45, 7) is 1.75. The van der Waals surface area contributed by atoms with Crippen LogP contribution in [0, 0.1) is 0 Å². The van der Waals surface area contributed by atoms with Gasteiger partial charge in [-0.15, -0.1) is 12.4 Å². The largest absolute Gasteiger partial charge is 0.449 e. The Bertz CT molecular complexity index is 449. The van der Waals surface area contributed by atoms with Crippen molar-refractivity contribution in [3.8, 4) is 5.75 Å². The summed E-state index contributed by atoms with van der Waals surface area (Å²) < 4.78 is 9.78. The molecule has 0 radical (unpaired) electrons. The molecule has 0 aliphatic carbocycles. The van der Waals surface area contributed by atoms with Crippen LogP contribution in [0.3, 0.4) is 0 Å². The summed E-state index contributed by atoms with van der Waals surface area (Å²) in [6.07, 6.45) is 0.286. The van der Waals surface area contributed by atoms with Crippen LogP contribution in [-0.4, -0.2) is 18.7 Å². The Morgan fingerprint density at radius 1 is 1.50 bits per heavy atom. The SMILES string of the molecule is CC(=O)Oc1cccc([C@H]2CCOC(=O)N2)c1.Cl. The number of carbonyl (C=O) groups is 2. The van der Waals surface area contributed by atoms with E-state index in [1.165, 1.54) is 6.92 Å². The van der Waals surface area contributed by atoms with Gasteiger partial charge in [-0.25, -0.2) is 4.79 Å². The zero-order valence-corrected chi connectivity index (χ0v) is 10.7. The van der Waals surface area contributed by atoms with Crippen LogP contribution in [0.1, 0.15) is 24.9 Å². The lowest BCUT2D eigenvalue weighted by Crippen LogP contribution is -2.35. The first kappa shape index (κ1) is 14.3. The molecule has 1 N–H and O–H groups in total. The lowest BCUT2D eigenvalue weighted by atomic mass is 10.0. The van der Waals surface area contributed by atoms with E-state index >= 15 is 0 Å². The van der Waals surface area contributed by atoms with Gasteiger partial charge in [0.25, 0.3) is 0 Å². The Labute approximate surface area is 111 Å². The molecule has 18 heavy (non-hydrogen) atoms. The summed E-state index contributed by atoms with van der Waals surface area (Å²) in [4.78, 5) is 21.9. The first-order valence-corrected chi connectivity index (χ1v) is 5.37. The van der Waals surface area contributed by atoms with E-state index in [0.717, 1.165) is 5.56 Å². The van der Waals surface area contributed by atoms with Gasteiger partial charge in [0.1, 0.15) is 5.75 Å². The third-order valence-electron chi connectivity index (χ3n) is 2.45. The minimum Gasteiger partial charge on any atom is -0.449 e. The maximum absolute atomic E-state index is 11.1. The summed E-state index contributed by atoms with van der Waals surface area (Å²) in [5, 5.41) is 2.71. The van der Waals surface area contributed by atoms with Crippen molar-refractivity contribution < 1.29 is 19.1 Å². The van der Waals surface area contributed by atoms with Crippen molar-refractivity contribution in [3.63, 3.8) is 0 Å². The molecule has 1 heterocycles. The Morgan fingerprint density at radius 2 is 2.28 bits per heavy atom. The van der Waals surface area contributed by atoms with Gasteiger partial charge in [-0.3, -0.25) is 4.79 Å². The predicted molar refractivity (Wildman–Crippen MR) is 66.8 cm³/mol. The number of rotatable bonds is 2. The molecule has 1 saturated heterocycles. The second kappa shape index (κ2) is 6.26. The number of cyclic esters (lactones) is 1. The number of ether oxygens (including phenoxy) is 2. The van der Waals surface area contributed by atoms with E-state index in [1.54, 1.807) is 18.2 Å². The molecule has 1 fully saturated rings. The number of nitrogens with one attached hydrogen (secondary N) is 1. The normalized spacial score (nSPS) is 18.1. The van der Waals surface area contributed by atoms with Gasteiger partial charge in [-0.2, -0.15) is 0 Å². The summed E-state index contributed by atoms with van der Waals surface area (Å²) in [7, 11) is 0. The summed E-state index contributed by atoms with van der Waals surface area (Å²) >= 11 is 0. The third kappa shape index (κ3) is 3.63. The molecule has 5 nitrogen and oxygen atoms in total. The Hall–Kier alpha value is -1.75. The van der Waals surface area contributed by atoms with Crippen LogP contribution in [-0.2, 0) is 9.53 Å². The Kier molecular flexibility index (Phi) is 4.97. The first-order valence-electron chi connectivity index (χ1n) is 5.37. The van der Waals surface area contributed by atoms with Crippen LogP contribution in [0.15, 0.2) is 24.3 Å². The highest BCUT2D eigenvalue weighted by atomic mass is 35.5. The molecule has 6 heteroatoms. The van der Waals surface area contributed by atoms with E-state index in [4.69, 9.17) is 9.47 Å². The highest BCUT2D eigenvalue weighted by Crippen LogP contribution is 2.23. The average Bonchev–Trinajstić information content (AvgIpc) is 2.28. The van der Waals surface area contributed by atoms with Crippen molar-refractivity contribution >= 4 is 24.5 Å². The number of esters is 1. The Balaban J connectivity index is 0.00000162. The molecule has 0 spiro atoms. The number of halogens is 1. The van der Waals surface area contributed by atoms with Crippen LogP contribution in [0.4, 0.5) is 4.79 Å². The van der Waals surface area contributed by atoms with Crippen molar-refractivity contribution in [3.05, 3.63) is 29.8 Å². The third-order valence-corrected chi connectivity index (χ3v) is 2.45. The number of hydrogen-bond donors (Lipinski definition) is 1. The predicted octanol–water partition coefficient (Wildman–Crippen LogP) is 2.20. The van der Waals surface area contributed by atoms with Crippen LogP contribution in [0.25, 0.3) is 0 Å². The van der Waals surface area contributed by atoms with Crippen LogP contribution in [0.2, 0.25) is 0 Å². The molecular formula is C12H14ClNO4. The Morgan fingerprint density at radius 3 is 2.94 bits per heavy atom. The van der Waals surface area contributed by atoms with Gasteiger partial charge < -0.3 is 14.8 Å². The van der Waals surface area contributed by atoms with E-state index in [9.17, 15) is 9.59 Å². The van der Waals surface area contributed by atoms with E-state index in [-0.39, 0.29) is 24.4 Å². The minimum atomic E-state index is -0.417. The molecule has 0 aromatic heterocycles. The quantitative estimate of drug-likeness (QED) is 0.662. The van der Waals surface area contributed by atoms with Crippen molar-refractivity contribution in [1.29, 1.82) is 0 Å². The minimum absolute atomic E-state index is 0. The van der Waals surface area contributed by atoms with Crippen molar-refractivity contribution in [1.82, 2.24) is 5.32 Å². The lowest BCUT2D eigenvalue weighted by molar-refractivity contribution is -0.131. The summed E-state index contributed by atoms with van der Waals surface area (Å²) in [6, 6.07) is 7.02. The number of benzene rings is 1. The van der Waals surface area contributed by atoms with E-state index in [0.29, 0.717) is 18.8 Å². The lowest BCUT2D eigenvalue weighted by Gasteiger charge is -2.23. The zero-order valence-electron chi connectivity index (χ0n) is 9.84. The maximum Gasteiger partial charge on any atom is 0.407 e.